The van der Waals surface area contributed by atoms with Gasteiger partial charge in [-0.25, -0.2) is 4.99 Å². The summed E-state index contributed by atoms with van der Waals surface area (Å²) < 4.78 is 11.8. The van der Waals surface area contributed by atoms with E-state index >= 15 is 0 Å². The highest BCUT2D eigenvalue weighted by atomic mass is 127. The van der Waals surface area contributed by atoms with Crippen LogP contribution < -0.4 is 15.4 Å². The monoisotopic (exact) mass is 531 g/mol. The van der Waals surface area contributed by atoms with Gasteiger partial charge in [0.15, 0.2) is 5.96 Å². The summed E-state index contributed by atoms with van der Waals surface area (Å²) in [6.45, 7) is 7.80. The summed E-state index contributed by atoms with van der Waals surface area (Å²) >= 11 is 0. The molecule has 1 aromatic rings. The Balaban J connectivity index is 0.00000320. The van der Waals surface area contributed by atoms with Gasteiger partial charge in [0, 0.05) is 37.3 Å². The van der Waals surface area contributed by atoms with Crippen LogP contribution >= 0.6 is 24.0 Å². The lowest BCUT2D eigenvalue weighted by Crippen LogP contribution is -2.47. The van der Waals surface area contributed by atoms with Crippen molar-refractivity contribution >= 4 is 29.9 Å². The molecule has 1 aromatic carbocycles. The first kappa shape index (κ1) is 25.2. The zero-order valence-corrected chi connectivity index (χ0v) is 20.7. The molecular weight excluding hydrogens is 493 g/mol. The molecule has 0 atom stereocenters. The molecule has 3 rings (SSSR count). The number of aliphatic imine (C=N–C) groups is 1. The molecule has 1 saturated heterocycles. The van der Waals surface area contributed by atoms with E-state index in [0.29, 0.717) is 32.4 Å². The highest BCUT2D eigenvalue weighted by Crippen LogP contribution is 2.29. The van der Waals surface area contributed by atoms with Crippen LogP contribution in [0.5, 0.6) is 5.75 Å². The zero-order valence-electron chi connectivity index (χ0n) is 18.4. The zero-order chi connectivity index (χ0) is 20.5. The first-order valence-corrected chi connectivity index (χ1v) is 11.1. The lowest BCUT2D eigenvalue weighted by molar-refractivity contribution is -0.0131. The molecule has 0 amide bonds. The number of nitrogens with one attached hydrogen (secondary N) is 2. The van der Waals surface area contributed by atoms with Gasteiger partial charge in [-0.3, -0.25) is 0 Å². The van der Waals surface area contributed by atoms with Gasteiger partial charge in [-0.2, -0.15) is 0 Å². The third kappa shape index (κ3) is 7.27. The van der Waals surface area contributed by atoms with Gasteiger partial charge in [-0.15, -0.1) is 24.0 Å². The van der Waals surface area contributed by atoms with Crippen molar-refractivity contribution in [3.63, 3.8) is 0 Å². The van der Waals surface area contributed by atoms with E-state index < -0.39 is 0 Å². The number of aliphatic hydroxyl groups is 1. The molecule has 1 aliphatic heterocycles. The van der Waals surface area contributed by atoms with Crippen LogP contribution in [-0.2, 0) is 11.3 Å². The van der Waals surface area contributed by atoms with E-state index in [1.165, 1.54) is 18.4 Å². The molecule has 30 heavy (non-hydrogen) atoms. The Kier molecular flexibility index (Phi) is 10.7. The lowest BCUT2D eigenvalue weighted by Gasteiger charge is -2.36. The number of nitrogens with zero attached hydrogens (tertiary/aromatic N) is 1. The van der Waals surface area contributed by atoms with Crippen molar-refractivity contribution in [3.8, 4) is 5.75 Å². The van der Waals surface area contributed by atoms with Crippen molar-refractivity contribution in [3.05, 3.63) is 29.3 Å². The van der Waals surface area contributed by atoms with E-state index in [2.05, 4.69) is 42.7 Å². The maximum atomic E-state index is 9.92. The minimum absolute atomic E-state index is 0. The molecule has 170 valence electrons. The summed E-state index contributed by atoms with van der Waals surface area (Å²) in [5.41, 5.74) is 2.19. The highest BCUT2D eigenvalue weighted by Gasteiger charge is 2.32. The van der Waals surface area contributed by atoms with Gasteiger partial charge in [-0.05, 0) is 64.0 Å². The summed E-state index contributed by atoms with van der Waals surface area (Å²) in [5.74, 6) is 1.74. The predicted molar refractivity (Wildman–Crippen MR) is 132 cm³/mol. The van der Waals surface area contributed by atoms with Crippen LogP contribution in [0, 0.1) is 12.3 Å². The van der Waals surface area contributed by atoms with E-state index in [1.54, 1.807) is 0 Å². The summed E-state index contributed by atoms with van der Waals surface area (Å²) in [5, 5.41) is 16.7. The van der Waals surface area contributed by atoms with Crippen molar-refractivity contribution in [1.82, 2.24) is 10.6 Å². The molecular formula is C23H38IN3O3. The molecule has 0 spiro atoms. The summed E-state index contributed by atoms with van der Waals surface area (Å²) in [6.07, 6.45) is 6.89. The van der Waals surface area contributed by atoms with Gasteiger partial charge in [0.25, 0.3) is 0 Å². The van der Waals surface area contributed by atoms with Gasteiger partial charge in [0.05, 0.1) is 19.3 Å². The number of hydrogen-bond acceptors (Lipinski definition) is 4. The fraction of sp³-hybridized carbons (Fsp3) is 0.696. The Morgan fingerprint density at radius 3 is 2.63 bits per heavy atom. The number of aryl methyl sites for hydroxylation is 1. The van der Waals surface area contributed by atoms with E-state index in [-0.39, 0.29) is 36.0 Å². The van der Waals surface area contributed by atoms with Crippen LogP contribution in [0.15, 0.2) is 23.2 Å². The van der Waals surface area contributed by atoms with E-state index in [1.807, 2.05) is 0 Å². The van der Waals surface area contributed by atoms with Crippen molar-refractivity contribution in [2.75, 3.05) is 32.9 Å². The fourth-order valence-corrected chi connectivity index (χ4v) is 4.06. The molecule has 7 heteroatoms. The smallest absolute Gasteiger partial charge is 0.191 e. The maximum Gasteiger partial charge on any atom is 0.191 e. The quantitative estimate of drug-likeness (QED) is 0.271. The number of rotatable bonds is 8. The minimum Gasteiger partial charge on any atom is -0.490 e. The second-order valence-electron chi connectivity index (χ2n) is 8.45. The van der Waals surface area contributed by atoms with Crippen LogP contribution in [0.2, 0.25) is 0 Å². The first-order chi connectivity index (χ1) is 14.1. The Bertz CT molecular complexity index is 672. The number of benzene rings is 1. The molecule has 1 saturated carbocycles. The van der Waals surface area contributed by atoms with Gasteiger partial charge < -0.3 is 25.2 Å². The molecule has 1 aliphatic carbocycles. The second kappa shape index (κ2) is 12.7. The van der Waals surface area contributed by atoms with Crippen LogP contribution in [0.1, 0.15) is 56.6 Å². The molecule has 0 radical (unpaired) electrons. The summed E-state index contributed by atoms with van der Waals surface area (Å²) in [7, 11) is 0. The van der Waals surface area contributed by atoms with Crippen LogP contribution in [0.4, 0.5) is 0 Å². The third-order valence-corrected chi connectivity index (χ3v) is 6.09. The number of ether oxygens (including phenoxy) is 2. The Hall–Kier alpha value is -1.06. The molecule has 0 unspecified atom stereocenters. The maximum absolute atomic E-state index is 9.92. The molecule has 1 heterocycles. The van der Waals surface area contributed by atoms with Gasteiger partial charge in [-0.1, -0.05) is 12.1 Å². The average Bonchev–Trinajstić information content (AvgIpc) is 3.25. The van der Waals surface area contributed by atoms with Crippen molar-refractivity contribution in [1.29, 1.82) is 0 Å². The van der Waals surface area contributed by atoms with Crippen molar-refractivity contribution < 1.29 is 14.6 Å². The SMILES string of the molecule is CCNC(=NCc1ccc(C)cc1OC1CCCC1)NCC1(CO)CCOCC1.I. The molecule has 0 aromatic heterocycles. The third-order valence-electron chi connectivity index (χ3n) is 6.09. The molecule has 6 nitrogen and oxygen atoms in total. The normalized spacial score (nSPS) is 19.2. The van der Waals surface area contributed by atoms with Crippen molar-refractivity contribution in [2.45, 2.75) is 65.0 Å². The Morgan fingerprint density at radius 2 is 1.97 bits per heavy atom. The number of guanidine groups is 1. The summed E-state index contributed by atoms with van der Waals surface area (Å²) in [4.78, 5) is 4.80. The minimum atomic E-state index is -0.130. The largest absolute Gasteiger partial charge is 0.490 e. The summed E-state index contributed by atoms with van der Waals surface area (Å²) in [6, 6.07) is 6.38. The van der Waals surface area contributed by atoms with Gasteiger partial charge in [0.2, 0.25) is 0 Å². The highest BCUT2D eigenvalue weighted by molar-refractivity contribution is 14.0. The second-order valence-corrected chi connectivity index (χ2v) is 8.45. The number of hydrogen-bond donors (Lipinski definition) is 3. The fourth-order valence-electron chi connectivity index (χ4n) is 4.06. The molecule has 3 N–H and O–H groups in total. The average molecular weight is 531 g/mol. The van der Waals surface area contributed by atoms with E-state index in [0.717, 1.165) is 49.5 Å². The topological polar surface area (TPSA) is 75.1 Å². The predicted octanol–water partition coefficient (Wildman–Crippen LogP) is 3.78. The molecule has 2 aliphatic rings. The number of halogens is 1. The Morgan fingerprint density at radius 1 is 1.23 bits per heavy atom. The van der Waals surface area contributed by atoms with Gasteiger partial charge in [0.1, 0.15) is 5.75 Å². The van der Waals surface area contributed by atoms with Crippen LogP contribution in [0.3, 0.4) is 0 Å². The van der Waals surface area contributed by atoms with Gasteiger partial charge >= 0.3 is 0 Å². The van der Waals surface area contributed by atoms with E-state index in [4.69, 9.17) is 14.5 Å². The molecule has 2 fully saturated rings. The Labute approximate surface area is 198 Å². The number of aliphatic hydroxyl groups excluding tert-OH is 1. The van der Waals surface area contributed by atoms with E-state index in [9.17, 15) is 5.11 Å². The standard InChI is InChI=1S/C23H37N3O3.HI/c1-3-24-22(26-16-23(17-27)10-12-28-13-11-23)25-15-19-9-8-18(2)14-21(19)29-20-6-4-5-7-20;/h8-9,14,20,27H,3-7,10-13,15-17H2,1-2H3,(H2,24,25,26);1H. The van der Waals surface area contributed by atoms with Crippen LogP contribution in [-0.4, -0.2) is 50.1 Å². The lowest BCUT2D eigenvalue weighted by atomic mass is 9.81. The molecule has 0 bridgehead atoms. The first-order valence-electron chi connectivity index (χ1n) is 11.1. The van der Waals surface area contributed by atoms with Crippen LogP contribution in [0.25, 0.3) is 0 Å². The van der Waals surface area contributed by atoms with Crippen molar-refractivity contribution in [2.24, 2.45) is 10.4 Å².